The number of rotatable bonds is 6. The van der Waals surface area contributed by atoms with E-state index in [9.17, 15) is 8.42 Å². The largest absolute Gasteiger partial charge is 0.491 e. The van der Waals surface area contributed by atoms with Crippen LogP contribution in [0.2, 0.25) is 0 Å². The molecule has 0 atom stereocenters. The van der Waals surface area contributed by atoms with Crippen molar-refractivity contribution < 1.29 is 13.2 Å². The highest BCUT2D eigenvalue weighted by molar-refractivity contribution is 14.0. The minimum Gasteiger partial charge on any atom is -0.491 e. The van der Waals surface area contributed by atoms with Gasteiger partial charge in [0.1, 0.15) is 5.75 Å². The van der Waals surface area contributed by atoms with E-state index in [1.165, 1.54) is 0 Å². The maximum Gasteiger partial charge on any atom is 0.193 e. The number of nitrogens with two attached hydrogens (primary N) is 1. The third-order valence-corrected chi connectivity index (χ3v) is 5.24. The second-order valence-electron chi connectivity index (χ2n) is 6.08. The lowest BCUT2D eigenvalue weighted by Gasteiger charge is -2.25. The fraction of sp³-hybridized carbons (Fsp3) is 0.562. The first-order chi connectivity index (χ1) is 11.3. The Bertz CT molecular complexity index is 648. The number of hydrogen-bond donors (Lipinski definition) is 2. The van der Waals surface area contributed by atoms with Crippen molar-refractivity contribution in [3.05, 3.63) is 24.3 Å². The summed E-state index contributed by atoms with van der Waals surface area (Å²) in [4.78, 5) is 6.37. The van der Waals surface area contributed by atoms with Gasteiger partial charge in [-0.3, -0.25) is 9.89 Å². The second kappa shape index (κ2) is 10.2. The highest BCUT2D eigenvalue weighted by Gasteiger charge is 2.20. The summed E-state index contributed by atoms with van der Waals surface area (Å²) in [6, 6.07) is 7.53. The van der Waals surface area contributed by atoms with Crippen LogP contribution in [0.15, 0.2) is 29.3 Å². The van der Waals surface area contributed by atoms with Crippen LogP contribution in [-0.2, 0) is 9.84 Å². The van der Waals surface area contributed by atoms with Gasteiger partial charge >= 0.3 is 0 Å². The molecule has 7 nitrogen and oxygen atoms in total. The Labute approximate surface area is 167 Å². The molecule has 1 aromatic carbocycles. The molecule has 1 fully saturated rings. The predicted octanol–water partition coefficient (Wildman–Crippen LogP) is 1.55. The van der Waals surface area contributed by atoms with E-state index >= 15 is 0 Å². The fourth-order valence-corrected chi connectivity index (χ4v) is 3.64. The van der Waals surface area contributed by atoms with Crippen LogP contribution in [0, 0.1) is 0 Å². The molecule has 1 aliphatic heterocycles. The minimum atomic E-state index is -2.83. The van der Waals surface area contributed by atoms with Crippen LogP contribution < -0.4 is 15.8 Å². The van der Waals surface area contributed by atoms with Crippen LogP contribution in [0.3, 0.4) is 0 Å². The zero-order valence-corrected chi connectivity index (χ0v) is 17.8. The van der Waals surface area contributed by atoms with E-state index < -0.39 is 9.84 Å². The van der Waals surface area contributed by atoms with Crippen molar-refractivity contribution in [2.45, 2.75) is 20.0 Å². The first-order valence-electron chi connectivity index (χ1n) is 8.10. The SMILES string of the molecule is CC(C)Oc1ccc(NC(N)=NCCN2CCS(=O)(=O)CC2)cc1.I. The Balaban J connectivity index is 0.00000312. The Morgan fingerprint density at radius 2 is 1.88 bits per heavy atom. The van der Waals surface area contributed by atoms with Gasteiger partial charge in [0, 0.05) is 25.3 Å². The van der Waals surface area contributed by atoms with E-state index in [4.69, 9.17) is 10.5 Å². The first kappa shape index (κ1) is 22.0. The minimum absolute atomic E-state index is 0. The van der Waals surface area contributed by atoms with Gasteiger partial charge in [-0.1, -0.05) is 0 Å². The molecule has 3 N–H and O–H groups in total. The normalized spacial score (nSPS) is 17.8. The number of nitrogens with zero attached hydrogens (tertiary/aromatic N) is 2. The van der Waals surface area contributed by atoms with Gasteiger partial charge in [-0.2, -0.15) is 0 Å². The molecular weight excluding hydrogens is 455 g/mol. The lowest BCUT2D eigenvalue weighted by atomic mass is 10.3. The molecule has 0 amide bonds. The number of anilines is 1. The van der Waals surface area contributed by atoms with E-state index in [1.54, 1.807) is 0 Å². The maximum atomic E-state index is 11.4. The molecule has 25 heavy (non-hydrogen) atoms. The number of halogens is 1. The van der Waals surface area contributed by atoms with E-state index in [-0.39, 0.29) is 41.6 Å². The summed E-state index contributed by atoms with van der Waals surface area (Å²) < 4.78 is 28.3. The monoisotopic (exact) mass is 482 g/mol. The number of guanidine groups is 1. The summed E-state index contributed by atoms with van der Waals surface area (Å²) in [7, 11) is -2.83. The van der Waals surface area contributed by atoms with E-state index in [2.05, 4.69) is 15.2 Å². The van der Waals surface area contributed by atoms with Crippen LogP contribution in [-0.4, -0.2) is 63.1 Å². The van der Waals surface area contributed by atoms with Crippen LogP contribution >= 0.6 is 24.0 Å². The Kier molecular flexibility index (Phi) is 8.94. The number of sulfone groups is 1. The third-order valence-electron chi connectivity index (χ3n) is 3.63. The van der Waals surface area contributed by atoms with E-state index in [0.717, 1.165) is 11.4 Å². The van der Waals surface area contributed by atoms with Gasteiger partial charge < -0.3 is 15.8 Å². The van der Waals surface area contributed by atoms with Crippen molar-refractivity contribution in [3.8, 4) is 5.75 Å². The average molecular weight is 482 g/mol. The second-order valence-corrected chi connectivity index (χ2v) is 8.38. The molecule has 1 aliphatic rings. The van der Waals surface area contributed by atoms with Crippen molar-refractivity contribution in [1.82, 2.24) is 4.90 Å². The Morgan fingerprint density at radius 1 is 1.28 bits per heavy atom. The summed E-state index contributed by atoms with van der Waals surface area (Å²) in [5, 5.41) is 3.03. The number of benzene rings is 1. The molecule has 2 rings (SSSR count). The van der Waals surface area contributed by atoms with Gasteiger partial charge in [-0.15, -0.1) is 24.0 Å². The van der Waals surface area contributed by atoms with Crippen molar-refractivity contribution in [1.29, 1.82) is 0 Å². The van der Waals surface area contributed by atoms with Gasteiger partial charge in [0.2, 0.25) is 0 Å². The van der Waals surface area contributed by atoms with Crippen LogP contribution in [0.4, 0.5) is 5.69 Å². The molecule has 0 aromatic heterocycles. The zero-order chi connectivity index (χ0) is 17.6. The molecule has 0 radical (unpaired) electrons. The van der Waals surface area contributed by atoms with Crippen LogP contribution in [0.5, 0.6) is 5.75 Å². The summed E-state index contributed by atoms with van der Waals surface area (Å²) in [5.74, 6) is 1.62. The van der Waals surface area contributed by atoms with Gasteiger partial charge in [-0.05, 0) is 38.1 Å². The summed E-state index contributed by atoms with van der Waals surface area (Å²) in [6.07, 6.45) is 0.139. The number of aliphatic imine (C=N–C) groups is 1. The molecule has 1 saturated heterocycles. The van der Waals surface area contributed by atoms with Gasteiger partial charge in [0.05, 0.1) is 24.2 Å². The fourth-order valence-electron chi connectivity index (χ4n) is 2.36. The molecule has 1 heterocycles. The number of nitrogens with one attached hydrogen (secondary N) is 1. The lowest BCUT2D eigenvalue weighted by molar-refractivity contribution is 0.242. The number of hydrogen-bond acceptors (Lipinski definition) is 5. The zero-order valence-electron chi connectivity index (χ0n) is 14.6. The Hall–Kier alpha value is -1.07. The Morgan fingerprint density at radius 3 is 2.44 bits per heavy atom. The topological polar surface area (TPSA) is 97.0 Å². The molecule has 0 unspecified atom stereocenters. The molecule has 142 valence electrons. The molecule has 9 heteroatoms. The van der Waals surface area contributed by atoms with Crippen LogP contribution in [0.25, 0.3) is 0 Å². The van der Waals surface area contributed by atoms with Gasteiger partial charge in [0.25, 0.3) is 0 Å². The van der Waals surface area contributed by atoms with E-state index in [1.807, 2.05) is 38.1 Å². The predicted molar refractivity (Wildman–Crippen MR) is 113 cm³/mol. The third kappa shape index (κ3) is 8.23. The molecular formula is C16H27IN4O3S. The molecule has 0 aliphatic carbocycles. The van der Waals surface area contributed by atoms with Crippen molar-refractivity contribution >= 4 is 45.5 Å². The molecule has 0 bridgehead atoms. The molecule has 0 saturated carbocycles. The maximum absolute atomic E-state index is 11.4. The molecule has 0 spiro atoms. The van der Waals surface area contributed by atoms with Crippen molar-refractivity contribution in [2.75, 3.05) is 43.0 Å². The summed E-state index contributed by atoms with van der Waals surface area (Å²) in [6.45, 7) is 6.35. The summed E-state index contributed by atoms with van der Waals surface area (Å²) in [5.41, 5.74) is 6.72. The first-order valence-corrected chi connectivity index (χ1v) is 9.93. The average Bonchev–Trinajstić information content (AvgIpc) is 2.50. The standard InChI is InChI=1S/C16H26N4O3S.HI/c1-13(2)23-15-5-3-14(4-6-15)19-16(17)18-7-8-20-9-11-24(21,22)12-10-20;/h3-6,13H,7-12H2,1-2H3,(H3,17,18,19);1H. The highest BCUT2D eigenvalue weighted by atomic mass is 127. The van der Waals surface area contributed by atoms with Crippen molar-refractivity contribution in [3.63, 3.8) is 0 Å². The van der Waals surface area contributed by atoms with Crippen molar-refractivity contribution in [2.24, 2.45) is 10.7 Å². The van der Waals surface area contributed by atoms with Gasteiger partial charge in [-0.25, -0.2) is 8.42 Å². The quantitative estimate of drug-likeness (QED) is 0.363. The van der Waals surface area contributed by atoms with Gasteiger partial charge in [0.15, 0.2) is 15.8 Å². The summed E-state index contributed by atoms with van der Waals surface area (Å²) >= 11 is 0. The van der Waals surface area contributed by atoms with E-state index in [0.29, 0.717) is 32.1 Å². The number of ether oxygens (including phenoxy) is 1. The highest BCUT2D eigenvalue weighted by Crippen LogP contribution is 2.16. The molecule has 1 aromatic rings. The lowest BCUT2D eigenvalue weighted by Crippen LogP contribution is -2.41. The van der Waals surface area contributed by atoms with Crippen LogP contribution in [0.1, 0.15) is 13.8 Å². The smallest absolute Gasteiger partial charge is 0.193 e.